The lowest BCUT2D eigenvalue weighted by atomic mass is 9.95. The van der Waals surface area contributed by atoms with E-state index in [9.17, 15) is 9.59 Å². The van der Waals surface area contributed by atoms with Gasteiger partial charge in [0.15, 0.2) is 0 Å². The highest BCUT2D eigenvalue weighted by molar-refractivity contribution is 5.86. The lowest BCUT2D eigenvalue weighted by molar-refractivity contribution is -0.142. The molecular weight excluding hydrogens is 264 g/mol. The molecule has 1 heterocycles. The Morgan fingerprint density at radius 2 is 2.30 bits per heavy atom. The molecule has 0 bridgehead atoms. The molecule has 0 aromatic heterocycles. The minimum absolute atomic E-state index is 0.00459. The van der Waals surface area contributed by atoms with E-state index < -0.39 is 24.2 Å². The molecule has 1 N–H and O–H groups in total. The molecule has 1 aliphatic heterocycles. The Labute approximate surface area is 116 Å². The molecule has 1 aliphatic rings. The number of methoxy groups -OCH3 is 1. The van der Waals surface area contributed by atoms with Crippen molar-refractivity contribution < 1.29 is 19.1 Å². The van der Waals surface area contributed by atoms with Gasteiger partial charge < -0.3 is 14.8 Å². The number of carbonyl (C=O) groups excluding carboxylic acids is 2. The predicted molar refractivity (Wildman–Crippen MR) is 70.4 cm³/mol. The number of azide groups is 1. The smallest absolute Gasteiger partial charge is 0.372 e. The van der Waals surface area contributed by atoms with Crippen LogP contribution in [0.3, 0.4) is 0 Å². The summed E-state index contributed by atoms with van der Waals surface area (Å²) in [5.74, 6) is -0.886. The van der Waals surface area contributed by atoms with Crippen molar-refractivity contribution in [2.45, 2.75) is 44.9 Å². The molecule has 0 aliphatic carbocycles. The van der Waals surface area contributed by atoms with E-state index in [-0.39, 0.29) is 11.7 Å². The van der Waals surface area contributed by atoms with Crippen LogP contribution in [0.2, 0.25) is 0 Å². The summed E-state index contributed by atoms with van der Waals surface area (Å²) in [7, 11) is 1.24. The van der Waals surface area contributed by atoms with Gasteiger partial charge in [-0.1, -0.05) is 18.5 Å². The van der Waals surface area contributed by atoms with Gasteiger partial charge in [0.1, 0.15) is 6.10 Å². The molecule has 8 heteroatoms. The zero-order valence-corrected chi connectivity index (χ0v) is 11.7. The second-order valence-corrected chi connectivity index (χ2v) is 4.39. The molecule has 0 saturated heterocycles. The first-order valence-corrected chi connectivity index (χ1v) is 6.31. The molecule has 1 rings (SSSR count). The van der Waals surface area contributed by atoms with Crippen molar-refractivity contribution in [3.8, 4) is 0 Å². The second-order valence-electron chi connectivity index (χ2n) is 4.39. The summed E-state index contributed by atoms with van der Waals surface area (Å²) in [5.41, 5.74) is 8.63. The zero-order valence-electron chi connectivity index (χ0n) is 11.7. The van der Waals surface area contributed by atoms with Crippen molar-refractivity contribution in [3.05, 3.63) is 22.3 Å². The standard InChI is InChI=1S/C12H18N4O4/c1-4-5-9-11(14-7(2)17)8(15-16-13)6-10(20-9)12(18)19-3/h6,8-9,11H,4-5H2,1-3H3,(H,14,17)/t8-,9+,11+/m0/s1. The maximum absolute atomic E-state index is 11.6. The monoisotopic (exact) mass is 282 g/mol. The Hall–Kier alpha value is -2.21. The normalized spacial score (nSPS) is 24.8. The van der Waals surface area contributed by atoms with Gasteiger partial charge in [-0.2, -0.15) is 0 Å². The van der Waals surface area contributed by atoms with Crippen LogP contribution >= 0.6 is 0 Å². The van der Waals surface area contributed by atoms with Crippen LogP contribution in [0.15, 0.2) is 16.9 Å². The van der Waals surface area contributed by atoms with E-state index in [1.54, 1.807) is 0 Å². The molecule has 0 spiro atoms. The first kappa shape index (κ1) is 15.8. The fourth-order valence-electron chi connectivity index (χ4n) is 2.07. The summed E-state index contributed by atoms with van der Waals surface area (Å²) in [6.45, 7) is 3.32. The third-order valence-corrected chi connectivity index (χ3v) is 2.88. The third-order valence-electron chi connectivity index (χ3n) is 2.88. The van der Waals surface area contributed by atoms with Gasteiger partial charge in [-0.25, -0.2) is 4.79 Å². The summed E-state index contributed by atoms with van der Waals surface area (Å²) in [4.78, 5) is 25.6. The minimum Gasteiger partial charge on any atom is -0.481 e. The van der Waals surface area contributed by atoms with Crippen molar-refractivity contribution in [1.29, 1.82) is 0 Å². The van der Waals surface area contributed by atoms with Crippen LogP contribution in [-0.2, 0) is 19.1 Å². The Kier molecular flexibility index (Phi) is 5.86. The first-order chi connectivity index (χ1) is 9.53. The fourth-order valence-corrected chi connectivity index (χ4v) is 2.07. The van der Waals surface area contributed by atoms with Crippen LogP contribution in [0.5, 0.6) is 0 Å². The van der Waals surface area contributed by atoms with E-state index in [4.69, 9.17) is 10.3 Å². The molecular formula is C12H18N4O4. The summed E-state index contributed by atoms with van der Waals surface area (Å²) >= 11 is 0. The number of carbonyl (C=O) groups is 2. The van der Waals surface area contributed by atoms with Gasteiger partial charge in [-0.05, 0) is 18.0 Å². The molecule has 110 valence electrons. The van der Waals surface area contributed by atoms with E-state index in [0.717, 1.165) is 6.42 Å². The number of hydrogen-bond donors (Lipinski definition) is 1. The number of rotatable bonds is 5. The van der Waals surface area contributed by atoms with Crippen molar-refractivity contribution >= 4 is 11.9 Å². The van der Waals surface area contributed by atoms with Crippen LogP contribution in [0.4, 0.5) is 0 Å². The van der Waals surface area contributed by atoms with Gasteiger partial charge in [-0.15, -0.1) is 0 Å². The van der Waals surface area contributed by atoms with Crippen molar-refractivity contribution in [2.75, 3.05) is 7.11 Å². The summed E-state index contributed by atoms with van der Waals surface area (Å²) < 4.78 is 10.2. The third kappa shape index (κ3) is 3.89. The molecule has 0 aromatic rings. The largest absolute Gasteiger partial charge is 0.481 e. The Balaban J connectivity index is 3.10. The second kappa shape index (κ2) is 7.40. The molecule has 8 nitrogen and oxygen atoms in total. The average molecular weight is 282 g/mol. The Morgan fingerprint density at radius 3 is 2.80 bits per heavy atom. The van der Waals surface area contributed by atoms with Crippen LogP contribution in [0.25, 0.3) is 10.4 Å². The highest BCUT2D eigenvalue weighted by Crippen LogP contribution is 2.24. The van der Waals surface area contributed by atoms with Crippen LogP contribution in [-0.4, -0.2) is 37.2 Å². The molecule has 0 aromatic carbocycles. The molecule has 0 radical (unpaired) electrons. The highest BCUT2D eigenvalue weighted by atomic mass is 16.6. The number of nitrogens with one attached hydrogen (secondary N) is 1. The van der Waals surface area contributed by atoms with Gasteiger partial charge in [0, 0.05) is 11.8 Å². The quantitative estimate of drug-likeness (QED) is 0.355. The van der Waals surface area contributed by atoms with Crippen molar-refractivity contribution in [2.24, 2.45) is 5.11 Å². The highest BCUT2D eigenvalue weighted by Gasteiger charge is 2.36. The molecule has 20 heavy (non-hydrogen) atoms. The molecule has 0 fully saturated rings. The number of amides is 1. The number of esters is 1. The lowest BCUT2D eigenvalue weighted by Gasteiger charge is -2.35. The van der Waals surface area contributed by atoms with Gasteiger partial charge in [0.05, 0.1) is 19.2 Å². The summed E-state index contributed by atoms with van der Waals surface area (Å²) in [6.07, 6.45) is 2.33. The van der Waals surface area contributed by atoms with Gasteiger partial charge >= 0.3 is 5.97 Å². The van der Waals surface area contributed by atoms with E-state index in [1.807, 2.05) is 6.92 Å². The van der Waals surface area contributed by atoms with Gasteiger partial charge in [0.2, 0.25) is 11.7 Å². The lowest BCUT2D eigenvalue weighted by Crippen LogP contribution is -2.52. The minimum atomic E-state index is -0.691. The predicted octanol–water partition coefficient (Wildman–Crippen LogP) is 1.43. The Bertz CT molecular complexity index is 456. The number of nitrogens with zero attached hydrogens (tertiary/aromatic N) is 3. The van der Waals surface area contributed by atoms with E-state index in [1.165, 1.54) is 20.1 Å². The number of hydrogen-bond acceptors (Lipinski definition) is 5. The van der Waals surface area contributed by atoms with Crippen LogP contribution in [0, 0.1) is 0 Å². The summed E-state index contributed by atoms with van der Waals surface area (Å²) in [5, 5.41) is 6.32. The van der Waals surface area contributed by atoms with Gasteiger partial charge in [-0.3, -0.25) is 4.79 Å². The van der Waals surface area contributed by atoms with E-state index >= 15 is 0 Å². The SMILES string of the molecule is CCC[C@H]1OC(C(=O)OC)=C[C@H](N=[N+]=[N-])[C@H]1NC(C)=O. The molecule has 0 saturated carbocycles. The van der Waals surface area contributed by atoms with E-state index in [0.29, 0.717) is 6.42 Å². The van der Waals surface area contributed by atoms with E-state index in [2.05, 4.69) is 20.1 Å². The average Bonchev–Trinajstić information content (AvgIpc) is 2.41. The fraction of sp³-hybridized carbons (Fsp3) is 0.667. The zero-order chi connectivity index (χ0) is 15.1. The number of ether oxygens (including phenoxy) is 2. The van der Waals surface area contributed by atoms with Crippen LogP contribution < -0.4 is 5.32 Å². The van der Waals surface area contributed by atoms with Crippen molar-refractivity contribution in [3.63, 3.8) is 0 Å². The molecule has 3 atom stereocenters. The maximum Gasteiger partial charge on any atom is 0.372 e. The van der Waals surface area contributed by atoms with Gasteiger partial charge in [0.25, 0.3) is 0 Å². The molecule has 1 amide bonds. The Morgan fingerprint density at radius 1 is 1.60 bits per heavy atom. The summed E-state index contributed by atoms with van der Waals surface area (Å²) in [6, 6.07) is -1.19. The first-order valence-electron chi connectivity index (χ1n) is 6.31. The maximum atomic E-state index is 11.6. The molecule has 0 unspecified atom stereocenters. The topological polar surface area (TPSA) is 113 Å². The van der Waals surface area contributed by atoms with Crippen molar-refractivity contribution in [1.82, 2.24) is 5.32 Å². The van der Waals surface area contributed by atoms with Crippen LogP contribution in [0.1, 0.15) is 26.7 Å².